The molecule has 0 radical (unpaired) electrons. The molecule has 0 saturated carbocycles. The monoisotopic (exact) mass is 214 g/mol. The first-order valence-corrected chi connectivity index (χ1v) is 7.60. The summed E-state index contributed by atoms with van der Waals surface area (Å²) in [6.07, 6.45) is 3.54. The van der Waals surface area contributed by atoms with Gasteiger partial charge in [0.1, 0.15) is 0 Å². The van der Waals surface area contributed by atoms with Crippen molar-refractivity contribution in [3.05, 3.63) is 23.4 Å². The molecule has 0 aromatic heterocycles. The second kappa shape index (κ2) is 4.76. The lowest BCUT2D eigenvalue weighted by molar-refractivity contribution is -0.132. The molecule has 0 atom stereocenters. The molecule has 0 rings (SSSR count). The van der Waals surface area contributed by atoms with Gasteiger partial charge in [0.25, 0.3) is 0 Å². The molecule has 0 heterocycles. The number of carboxylic acids is 2. The van der Waals surface area contributed by atoms with Crippen LogP contribution in [-0.4, -0.2) is 30.2 Å². The van der Waals surface area contributed by atoms with Crippen molar-refractivity contribution in [2.24, 2.45) is 0 Å². The molecule has 0 bridgehead atoms. The minimum Gasteiger partial charge on any atom is -0.478 e. The van der Waals surface area contributed by atoms with Crippen LogP contribution in [0.15, 0.2) is 23.4 Å². The smallest absolute Gasteiger partial charge is 0.328 e. The Hall–Kier alpha value is -1.36. The van der Waals surface area contributed by atoms with E-state index >= 15 is 0 Å². The number of aliphatic carboxylic acids is 2. The molecule has 14 heavy (non-hydrogen) atoms. The zero-order valence-electron chi connectivity index (χ0n) is 8.44. The third-order valence-corrected chi connectivity index (χ3v) is 3.54. The van der Waals surface area contributed by atoms with Gasteiger partial charge in [0.05, 0.1) is 8.07 Å². The number of rotatable bonds is 4. The Bertz CT molecular complexity index is 296. The van der Waals surface area contributed by atoms with E-state index in [1.165, 1.54) is 12.2 Å². The lowest BCUT2D eigenvalue weighted by atomic mass is 10.4. The highest BCUT2D eigenvalue weighted by molar-refractivity contribution is 6.86. The maximum atomic E-state index is 10.8. The van der Waals surface area contributed by atoms with Gasteiger partial charge in [0.2, 0.25) is 0 Å². The molecule has 4 nitrogen and oxygen atoms in total. The summed E-state index contributed by atoms with van der Waals surface area (Å²) in [6.45, 7) is 5.67. The lowest BCUT2D eigenvalue weighted by Crippen LogP contribution is -2.29. The fraction of sp³-hybridized carbons (Fsp3) is 0.333. The van der Waals surface area contributed by atoms with Crippen LogP contribution >= 0.6 is 0 Å². The molecule has 0 spiro atoms. The van der Waals surface area contributed by atoms with Crippen LogP contribution in [0, 0.1) is 0 Å². The average Bonchev–Trinajstić information content (AvgIpc) is 1.94. The number of carboxylic acid groups (broad SMARTS) is 2. The van der Waals surface area contributed by atoms with Crippen molar-refractivity contribution in [2.75, 3.05) is 0 Å². The van der Waals surface area contributed by atoms with Gasteiger partial charge in [-0.2, -0.15) is 0 Å². The minimum absolute atomic E-state index is 0.315. The summed E-state index contributed by atoms with van der Waals surface area (Å²) >= 11 is 0. The van der Waals surface area contributed by atoms with Gasteiger partial charge in [-0.3, -0.25) is 0 Å². The normalized spacial score (nSPS) is 13.2. The molecule has 78 valence electrons. The van der Waals surface area contributed by atoms with Crippen LogP contribution in [0.5, 0.6) is 0 Å². The van der Waals surface area contributed by atoms with E-state index in [2.05, 4.69) is 0 Å². The predicted octanol–water partition coefficient (Wildman–Crippen LogP) is 1.52. The summed E-state index contributed by atoms with van der Waals surface area (Å²) in [5.74, 6) is -2.05. The minimum atomic E-state index is -1.90. The predicted molar refractivity (Wildman–Crippen MR) is 55.8 cm³/mol. The molecule has 0 unspecified atom stereocenters. The maximum absolute atomic E-state index is 10.8. The van der Waals surface area contributed by atoms with Crippen molar-refractivity contribution in [1.29, 1.82) is 0 Å². The first-order valence-electron chi connectivity index (χ1n) is 4.10. The van der Waals surface area contributed by atoms with Crippen molar-refractivity contribution in [2.45, 2.75) is 19.6 Å². The number of hydrogen-bond acceptors (Lipinski definition) is 2. The van der Waals surface area contributed by atoms with Crippen molar-refractivity contribution >= 4 is 20.0 Å². The van der Waals surface area contributed by atoms with Gasteiger partial charge in [-0.05, 0) is 0 Å². The topological polar surface area (TPSA) is 74.6 Å². The average molecular weight is 214 g/mol. The van der Waals surface area contributed by atoms with Crippen molar-refractivity contribution in [3.63, 3.8) is 0 Å². The van der Waals surface area contributed by atoms with Crippen molar-refractivity contribution in [3.8, 4) is 0 Å². The fourth-order valence-electron chi connectivity index (χ4n) is 0.869. The van der Waals surface area contributed by atoms with Crippen LogP contribution in [0.25, 0.3) is 0 Å². The Balaban J connectivity index is 4.86. The Morgan fingerprint density at radius 1 is 1.14 bits per heavy atom. The molecule has 2 N–H and O–H groups in total. The van der Waals surface area contributed by atoms with Crippen LogP contribution in [0.3, 0.4) is 0 Å². The van der Waals surface area contributed by atoms with Crippen LogP contribution in [0.1, 0.15) is 0 Å². The molecular formula is C9H14O4Si. The van der Waals surface area contributed by atoms with E-state index < -0.39 is 20.0 Å². The molecule has 0 aliphatic rings. The van der Waals surface area contributed by atoms with E-state index in [0.29, 0.717) is 5.20 Å². The third kappa shape index (κ3) is 4.61. The van der Waals surface area contributed by atoms with Crippen LogP contribution < -0.4 is 0 Å². The molecular weight excluding hydrogens is 200 g/mol. The van der Waals surface area contributed by atoms with E-state index in [1.54, 1.807) is 0 Å². The Morgan fingerprint density at radius 2 is 1.64 bits per heavy atom. The first-order chi connectivity index (χ1) is 6.25. The van der Waals surface area contributed by atoms with Crippen LogP contribution in [0.4, 0.5) is 0 Å². The summed E-state index contributed by atoms with van der Waals surface area (Å²) in [7, 11) is -1.90. The zero-order valence-corrected chi connectivity index (χ0v) is 9.44. The van der Waals surface area contributed by atoms with Crippen molar-refractivity contribution < 1.29 is 19.8 Å². The van der Waals surface area contributed by atoms with Gasteiger partial charge in [-0.1, -0.05) is 31.8 Å². The standard InChI is InChI=1S/C9H14O4Si/c1-14(2,3)7(9(12)13)5-4-6-8(10)11/h4-6H,1-3H3,(H,10,11)(H,12,13)/b6-4+,7-5-. The quantitative estimate of drug-likeness (QED) is 0.422. The van der Waals surface area contributed by atoms with E-state index in [-0.39, 0.29) is 0 Å². The van der Waals surface area contributed by atoms with Gasteiger partial charge < -0.3 is 10.2 Å². The number of carbonyl (C=O) groups is 2. The molecule has 0 aliphatic heterocycles. The highest BCUT2D eigenvalue weighted by atomic mass is 28.3. The van der Waals surface area contributed by atoms with Crippen LogP contribution in [-0.2, 0) is 9.59 Å². The number of hydrogen-bond donors (Lipinski definition) is 2. The van der Waals surface area contributed by atoms with Gasteiger partial charge >= 0.3 is 11.9 Å². The maximum Gasteiger partial charge on any atom is 0.328 e. The fourth-order valence-corrected chi connectivity index (χ4v) is 2.11. The first kappa shape index (κ1) is 12.6. The van der Waals surface area contributed by atoms with Gasteiger partial charge in [0, 0.05) is 11.3 Å². The molecule has 0 aromatic carbocycles. The Kier molecular flexibility index (Phi) is 4.29. The van der Waals surface area contributed by atoms with E-state index in [0.717, 1.165) is 6.08 Å². The number of allylic oxidation sites excluding steroid dienone is 2. The summed E-state index contributed by atoms with van der Waals surface area (Å²) in [5.41, 5.74) is 0. The van der Waals surface area contributed by atoms with Gasteiger partial charge in [-0.25, -0.2) is 9.59 Å². The largest absolute Gasteiger partial charge is 0.478 e. The molecule has 0 amide bonds. The summed E-state index contributed by atoms with van der Waals surface area (Å²) < 4.78 is 0. The van der Waals surface area contributed by atoms with Gasteiger partial charge in [0.15, 0.2) is 0 Å². The Morgan fingerprint density at radius 3 is 1.93 bits per heavy atom. The van der Waals surface area contributed by atoms with Crippen LogP contribution in [0.2, 0.25) is 19.6 Å². The van der Waals surface area contributed by atoms with E-state index in [1.807, 2.05) is 19.6 Å². The highest BCUT2D eigenvalue weighted by Gasteiger charge is 2.24. The second-order valence-electron chi connectivity index (χ2n) is 3.83. The Labute approximate surface area is 83.6 Å². The SMILES string of the molecule is C[Si](C)(C)/C(=C\C=C\C(=O)O)C(=O)O. The molecule has 0 aromatic rings. The van der Waals surface area contributed by atoms with Crippen molar-refractivity contribution in [1.82, 2.24) is 0 Å². The second-order valence-corrected chi connectivity index (χ2v) is 8.87. The lowest BCUT2D eigenvalue weighted by Gasteiger charge is -2.15. The molecule has 0 fully saturated rings. The molecule has 0 aliphatic carbocycles. The van der Waals surface area contributed by atoms with Gasteiger partial charge in [-0.15, -0.1) is 0 Å². The molecule has 0 saturated heterocycles. The summed E-state index contributed by atoms with van der Waals surface area (Å²) in [4.78, 5) is 21.0. The van der Waals surface area contributed by atoms with E-state index in [9.17, 15) is 9.59 Å². The summed E-state index contributed by atoms with van der Waals surface area (Å²) in [6, 6.07) is 0. The molecule has 5 heteroatoms. The highest BCUT2D eigenvalue weighted by Crippen LogP contribution is 2.14. The van der Waals surface area contributed by atoms with E-state index in [4.69, 9.17) is 10.2 Å². The zero-order chi connectivity index (χ0) is 11.4. The third-order valence-electron chi connectivity index (χ3n) is 1.54. The summed E-state index contributed by atoms with van der Waals surface area (Å²) in [5, 5.41) is 17.5.